The van der Waals surface area contributed by atoms with Crippen molar-refractivity contribution < 1.29 is 0 Å². The predicted octanol–water partition coefficient (Wildman–Crippen LogP) is 3.68. The summed E-state index contributed by atoms with van der Waals surface area (Å²) in [7, 11) is 0. The first-order valence-corrected chi connectivity index (χ1v) is 6.38. The molecule has 0 spiro atoms. The van der Waals surface area contributed by atoms with Crippen LogP contribution in [-0.4, -0.2) is 12.1 Å². The van der Waals surface area contributed by atoms with E-state index in [1.54, 1.807) is 6.07 Å². The molecule has 1 saturated carbocycles. The molecule has 3 N–H and O–H groups in total. The second-order valence-electron chi connectivity index (χ2n) is 4.38. The quantitative estimate of drug-likeness (QED) is 0.850. The van der Waals surface area contributed by atoms with Crippen molar-refractivity contribution in [3.05, 3.63) is 28.2 Å². The molecule has 0 aliphatic heterocycles. The molecule has 1 aromatic rings. The van der Waals surface area contributed by atoms with E-state index in [0.717, 1.165) is 36.4 Å². The van der Waals surface area contributed by atoms with Gasteiger partial charge in [-0.25, -0.2) is 0 Å². The van der Waals surface area contributed by atoms with Crippen molar-refractivity contribution in [2.75, 3.05) is 5.32 Å². The molecule has 4 heteroatoms. The van der Waals surface area contributed by atoms with E-state index in [1.165, 1.54) is 0 Å². The van der Waals surface area contributed by atoms with Crippen molar-refractivity contribution in [3.8, 4) is 0 Å². The monoisotopic (exact) mass is 258 g/mol. The van der Waals surface area contributed by atoms with Crippen molar-refractivity contribution in [2.24, 2.45) is 5.73 Å². The highest BCUT2D eigenvalue weighted by atomic mass is 35.5. The van der Waals surface area contributed by atoms with Crippen molar-refractivity contribution >= 4 is 28.9 Å². The average Bonchev–Trinajstić information content (AvgIpc) is 2.27. The third-order valence-corrected chi connectivity index (χ3v) is 3.62. The molecule has 0 atom stereocenters. The van der Waals surface area contributed by atoms with Crippen molar-refractivity contribution in [1.29, 1.82) is 0 Å². The van der Waals surface area contributed by atoms with E-state index in [9.17, 15) is 0 Å². The molecule has 0 aromatic heterocycles. The fraction of sp³-hybridized carbons (Fsp3) is 0.500. The minimum atomic E-state index is 0.368. The minimum absolute atomic E-state index is 0.368. The first-order chi connectivity index (χ1) is 7.65. The molecule has 1 fully saturated rings. The third-order valence-electron chi connectivity index (χ3n) is 3.06. The van der Waals surface area contributed by atoms with Crippen LogP contribution in [-0.2, 0) is 0 Å². The van der Waals surface area contributed by atoms with Crippen LogP contribution < -0.4 is 11.1 Å². The molecule has 1 aliphatic rings. The summed E-state index contributed by atoms with van der Waals surface area (Å²) in [6.07, 6.45) is 4.36. The van der Waals surface area contributed by atoms with Crippen LogP contribution >= 0.6 is 23.2 Å². The first kappa shape index (κ1) is 12.0. The third kappa shape index (κ3) is 3.03. The molecule has 1 aromatic carbocycles. The Hall–Kier alpha value is -0.440. The number of benzene rings is 1. The lowest BCUT2D eigenvalue weighted by Gasteiger charge is -2.28. The zero-order valence-corrected chi connectivity index (χ0v) is 10.6. The highest BCUT2D eigenvalue weighted by Crippen LogP contribution is 2.28. The van der Waals surface area contributed by atoms with Crippen molar-refractivity contribution in [3.63, 3.8) is 0 Å². The summed E-state index contributed by atoms with van der Waals surface area (Å²) in [6.45, 7) is 0. The van der Waals surface area contributed by atoms with E-state index in [-0.39, 0.29) is 0 Å². The van der Waals surface area contributed by atoms with Gasteiger partial charge >= 0.3 is 0 Å². The maximum absolute atomic E-state index is 6.10. The van der Waals surface area contributed by atoms with Gasteiger partial charge < -0.3 is 11.1 Å². The molecule has 0 unspecified atom stereocenters. The molecule has 0 bridgehead atoms. The summed E-state index contributed by atoms with van der Waals surface area (Å²) in [4.78, 5) is 0. The molecule has 1 aliphatic carbocycles. The summed E-state index contributed by atoms with van der Waals surface area (Å²) in [6, 6.07) is 6.33. The zero-order chi connectivity index (χ0) is 11.5. The van der Waals surface area contributed by atoms with Crippen LogP contribution in [0.5, 0.6) is 0 Å². The van der Waals surface area contributed by atoms with E-state index < -0.39 is 0 Å². The van der Waals surface area contributed by atoms with Gasteiger partial charge in [-0.15, -0.1) is 0 Å². The summed E-state index contributed by atoms with van der Waals surface area (Å²) in [5.74, 6) is 0. The van der Waals surface area contributed by atoms with Gasteiger partial charge in [-0.1, -0.05) is 23.2 Å². The van der Waals surface area contributed by atoms with Crippen LogP contribution in [0.3, 0.4) is 0 Å². The zero-order valence-electron chi connectivity index (χ0n) is 9.05. The number of nitrogens with one attached hydrogen (secondary N) is 1. The Morgan fingerprint density at radius 3 is 2.50 bits per heavy atom. The van der Waals surface area contributed by atoms with E-state index >= 15 is 0 Å². The van der Waals surface area contributed by atoms with Crippen LogP contribution in [0, 0.1) is 0 Å². The maximum atomic E-state index is 6.10. The van der Waals surface area contributed by atoms with E-state index in [4.69, 9.17) is 28.9 Å². The smallest absolute Gasteiger partial charge is 0.0638 e. The number of anilines is 1. The fourth-order valence-electron chi connectivity index (χ4n) is 2.09. The Bertz CT molecular complexity index is 360. The number of halogens is 2. The molecule has 0 radical (unpaired) electrons. The number of nitrogens with two attached hydrogens (primary N) is 1. The molecular weight excluding hydrogens is 243 g/mol. The maximum Gasteiger partial charge on any atom is 0.0638 e. The molecule has 0 heterocycles. The average molecular weight is 259 g/mol. The Balaban J connectivity index is 2.00. The lowest BCUT2D eigenvalue weighted by molar-refractivity contribution is 0.411. The van der Waals surface area contributed by atoms with Gasteiger partial charge in [0.25, 0.3) is 0 Å². The fourth-order valence-corrected chi connectivity index (χ4v) is 2.44. The predicted molar refractivity (Wildman–Crippen MR) is 70.3 cm³/mol. The summed E-state index contributed by atoms with van der Waals surface area (Å²) >= 11 is 12.0. The van der Waals surface area contributed by atoms with Gasteiger partial charge in [-0.3, -0.25) is 0 Å². The Morgan fingerprint density at radius 1 is 1.12 bits per heavy atom. The number of rotatable bonds is 2. The van der Waals surface area contributed by atoms with Gasteiger partial charge in [0, 0.05) is 17.1 Å². The van der Waals surface area contributed by atoms with Crippen molar-refractivity contribution in [1.82, 2.24) is 0 Å². The molecular formula is C12H16Cl2N2. The highest BCUT2D eigenvalue weighted by Gasteiger charge is 2.18. The van der Waals surface area contributed by atoms with Crippen LogP contribution in [0.15, 0.2) is 18.2 Å². The van der Waals surface area contributed by atoms with Crippen LogP contribution in [0.2, 0.25) is 10.0 Å². The molecule has 2 nitrogen and oxygen atoms in total. The summed E-state index contributed by atoms with van der Waals surface area (Å²) < 4.78 is 0. The summed E-state index contributed by atoms with van der Waals surface area (Å²) in [5, 5.41) is 4.87. The topological polar surface area (TPSA) is 38.0 Å². The van der Waals surface area contributed by atoms with E-state index in [2.05, 4.69) is 5.32 Å². The number of hydrogen-bond donors (Lipinski definition) is 2. The summed E-state index contributed by atoms with van der Waals surface area (Å²) in [5.41, 5.74) is 6.79. The Morgan fingerprint density at radius 2 is 1.81 bits per heavy atom. The Kier molecular flexibility index (Phi) is 3.95. The van der Waals surface area contributed by atoms with Gasteiger partial charge in [0.15, 0.2) is 0 Å². The lowest BCUT2D eigenvalue weighted by atomic mass is 9.92. The minimum Gasteiger partial charge on any atom is -0.381 e. The van der Waals surface area contributed by atoms with Crippen molar-refractivity contribution in [2.45, 2.75) is 37.8 Å². The van der Waals surface area contributed by atoms with Crippen LogP contribution in [0.25, 0.3) is 0 Å². The highest BCUT2D eigenvalue weighted by molar-refractivity contribution is 6.35. The second-order valence-corrected chi connectivity index (χ2v) is 5.22. The largest absolute Gasteiger partial charge is 0.381 e. The van der Waals surface area contributed by atoms with E-state index in [0.29, 0.717) is 17.1 Å². The van der Waals surface area contributed by atoms with Gasteiger partial charge in [0.2, 0.25) is 0 Å². The van der Waals surface area contributed by atoms with Gasteiger partial charge in [-0.05, 0) is 43.9 Å². The lowest BCUT2D eigenvalue weighted by Crippen LogP contribution is -2.32. The SMILES string of the molecule is NC1CCC(Nc2cc(Cl)ccc2Cl)CC1. The standard InChI is InChI=1S/C12H16Cl2N2/c13-8-1-6-11(14)12(7-8)16-10-4-2-9(15)3-5-10/h1,6-7,9-10,16H,2-5,15H2. The number of hydrogen-bond acceptors (Lipinski definition) is 2. The molecule has 16 heavy (non-hydrogen) atoms. The molecule has 0 amide bonds. The normalized spacial score (nSPS) is 25.4. The molecule has 88 valence electrons. The molecule has 2 rings (SSSR count). The first-order valence-electron chi connectivity index (χ1n) is 5.62. The van der Waals surface area contributed by atoms with Gasteiger partial charge in [-0.2, -0.15) is 0 Å². The van der Waals surface area contributed by atoms with Crippen LogP contribution in [0.4, 0.5) is 5.69 Å². The van der Waals surface area contributed by atoms with E-state index in [1.807, 2.05) is 12.1 Å². The van der Waals surface area contributed by atoms with Crippen LogP contribution in [0.1, 0.15) is 25.7 Å². The second kappa shape index (κ2) is 5.26. The van der Waals surface area contributed by atoms with Gasteiger partial charge in [0.05, 0.1) is 10.7 Å². The molecule has 0 saturated heterocycles. The Labute approximate surface area is 106 Å². The van der Waals surface area contributed by atoms with Gasteiger partial charge in [0.1, 0.15) is 0 Å².